The van der Waals surface area contributed by atoms with Crippen LogP contribution in [0.2, 0.25) is 0 Å². The van der Waals surface area contributed by atoms with E-state index in [-0.39, 0.29) is 13.2 Å². The van der Waals surface area contributed by atoms with E-state index in [1.54, 1.807) is 7.05 Å². The first-order chi connectivity index (χ1) is 7.61. The van der Waals surface area contributed by atoms with E-state index in [0.29, 0.717) is 5.92 Å². The number of rotatable bonds is 7. The zero-order chi connectivity index (χ0) is 12.4. The van der Waals surface area contributed by atoms with Crippen LogP contribution in [0.15, 0.2) is 22.3 Å². The van der Waals surface area contributed by atoms with Crippen molar-refractivity contribution in [1.29, 1.82) is 0 Å². The molecule has 1 N–H and O–H groups in total. The lowest BCUT2D eigenvalue weighted by Gasteiger charge is -2.01. The second-order valence-electron chi connectivity index (χ2n) is 3.87. The molecule has 0 unspecified atom stereocenters. The van der Waals surface area contributed by atoms with Crippen molar-refractivity contribution in [1.82, 2.24) is 0 Å². The third-order valence-electron chi connectivity index (χ3n) is 1.88. The number of allylic oxidation sites excluding steroid dienone is 2. The van der Waals surface area contributed by atoms with Gasteiger partial charge in [0.1, 0.15) is 12.3 Å². The molecule has 0 aliphatic heterocycles. The number of hydrogen-bond acceptors (Lipinski definition) is 4. The zero-order valence-corrected chi connectivity index (χ0v) is 10.6. The Morgan fingerprint density at radius 1 is 1.44 bits per heavy atom. The minimum atomic E-state index is -0.0292. The molecule has 0 aliphatic carbocycles. The molecule has 0 atom stereocenters. The SMILES string of the molecule is CN=C(C=CCC(C)C)C(C)=NOCCO. The van der Waals surface area contributed by atoms with Crippen molar-refractivity contribution < 1.29 is 9.94 Å². The maximum absolute atomic E-state index is 8.54. The molecule has 92 valence electrons. The molecule has 0 saturated carbocycles. The number of aliphatic imine (C=N–C) groups is 1. The minimum absolute atomic E-state index is 0.0292. The smallest absolute Gasteiger partial charge is 0.140 e. The Bertz CT molecular complexity index is 268. The van der Waals surface area contributed by atoms with E-state index in [9.17, 15) is 0 Å². The maximum atomic E-state index is 8.54. The van der Waals surface area contributed by atoms with Crippen LogP contribution in [0.3, 0.4) is 0 Å². The molecule has 16 heavy (non-hydrogen) atoms. The van der Waals surface area contributed by atoms with E-state index in [2.05, 4.69) is 30.1 Å². The van der Waals surface area contributed by atoms with Gasteiger partial charge in [0.25, 0.3) is 0 Å². The van der Waals surface area contributed by atoms with Crippen LogP contribution in [-0.4, -0.2) is 36.8 Å². The quantitative estimate of drug-likeness (QED) is 0.410. The summed E-state index contributed by atoms with van der Waals surface area (Å²) in [4.78, 5) is 9.00. The summed E-state index contributed by atoms with van der Waals surface area (Å²) >= 11 is 0. The van der Waals surface area contributed by atoms with Gasteiger partial charge in [-0.05, 0) is 25.3 Å². The number of hydrogen-bond donors (Lipinski definition) is 1. The first-order valence-electron chi connectivity index (χ1n) is 5.53. The van der Waals surface area contributed by atoms with Crippen molar-refractivity contribution in [3.05, 3.63) is 12.2 Å². The van der Waals surface area contributed by atoms with Gasteiger partial charge in [-0.1, -0.05) is 25.1 Å². The average Bonchev–Trinajstić information content (AvgIpc) is 2.24. The summed E-state index contributed by atoms with van der Waals surface area (Å²) in [6.45, 7) is 6.35. The molecular weight excluding hydrogens is 204 g/mol. The molecule has 0 aromatic heterocycles. The highest BCUT2D eigenvalue weighted by atomic mass is 16.6. The van der Waals surface area contributed by atoms with Crippen LogP contribution < -0.4 is 0 Å². The molecule has 0 aromatic rings. The van der Waals surface area contributed by atoms with E-state index < -0.39 is 0 Å². The molecule has 0 spiro atoms. The molecule has 0 radical (unpaired) electrons. The number of oxime groups is 1. The minimum Gasteiger partial charge on any atom is -0.393 e. The summed E-state index contributed by atoms with van der Waals surface area (Å²) in [5, 5.41) is 12.4. The van der Waals surface area contributed by atoms with Gasteiger partial charge in [-0.2, -0.15) is 0 Å². The molecule has 0 amide bonds. The van der Waals surface area contributed by atoms with Crippen LogP contribution in [0.5, 0.6) is 0 Å². The lowest BCUT2D eigenvalue weighted by molar-refractivity contribution is 0.0989. The van der Waals surface area contributed by atoms with E-state index in [1.165, 1.54) is 0 Å². The number of aliphatic hydroxyl groups excluding tert-OH is 1. The third-order valence-corrected chi connectivity index (χ3v) is 1.88. The van der Waals surface area contributed by atoms with Crippen LogP contribution in [-0.2, 0) is 4.84 Å². The fourth-order valence-corrected chi connectivity index (χ4v) is 1.04. The van der Waals surface area contributed by atoms with E-state index in [1.807, 2.05) is 13.0 Å². The summed E-state index contributed by atoms with van der Waals surface area (Å²) in [5.41, 5.74) is 1.52. The predicted molar refractivity (Wildman–Crippen MR) is 68.1 cm³/mol. The predicted octanol–water partition coefficient (Wildman–Crippen LogP) is 2.04. The second kappa shape index (κ2) is 9.09. The molecule has 0 aromatic carbocycles. The molecule has 4 nitrogen and oxygen atoms in total. The summed E-state index contributed by atoms with van der Waals surface area (Å²) in [6.07, 6.45) is 5.04. The molecular formula is C12H22N2O2. The van der Waals surface area contributed by atoms with Gasteiger partial charge in [-0.15, -0.1) is 0 Å². The van der Waals surface area contributed by atoms with Crippen molar-refractivity contribution >= 4 is 11.4 Å². The van der Waals surface area contributed by atoms with Crippen molar-refractivity contribution in [3.8, 4) is 0 Å². The van der Waals surface area contributed by atoms with Crippen LogP contribution in [0.4, 0.5) is 0 Å². The Morgan fingerprint density at radius 3 is 2.62 bits per heavy atom. The summed E-state index contributed by atoms with van der Waals surface area (Å²) in [6, 6.07) is 0. The second-order valence-corrected chi connectivity index (χ2v) is 3.87. The van der Waals surface area contributed by atoms with Gasteiger partial charge < -0.3 is 9.94 Å². The highest BCUT2D eigenvalue weighted by Crippen LogP contribution is 2.00. The van der Waals surface area contributed by atoms with Crippen LogP contribution in [0.25, 0.3) is 0 Å². The van der Waals surface area contributed by atoms with Gasteiger partial charge in [0.15, 0.2) is 0 Å². The standard InChI is InChI=1S/C12H22N2O2/c1-10(2)6-5-7-12(13-4)11(3)14-16-9-8-15/h5,7,10,15H,6,8-9H2,1-4H3. The van der Waals surface area contributed by atoms with Gasteiger partial charge in [-0.25, -0.2) is 0 Å². The Balaban J connectivity index is 4.28. The monoisotopic (exact) mass is 226 g/mol. The number of aliphatic hydroxyl groups is 1. The van der Waals surface area contributed by atoms with Crippen molar-refractivity contribution in [2.24, 2.45) is 16.1 Å². The Labute approximate surface area is 97.7 Å². The fourth-order valence-electron chi connectivity index (χ4n) is 1.04. The summed E-state index contributed by atoms with van der Waals surface area (Å²) < 4.78 is 0. The highest BCUT2D eigenvalue weighted by molar-refractivity contribution is 6.45. The summed E-state index contributed by atoms with van der Waals surface area (Å²) in [7, 11) is 1.72. The van der Waals surface area contributed by atoms with Gasteiger partial charge in [-0.3, -0.25) is 4.99 Å². The van der Waals surface area contributed by atoms with Gasteiger partial charge in [0.05, 0.1) is 12.3 Å². The van der Waals surface area contributed by atoms with Crippen molar-refractivity contribution in [2.75, 3.05) is 20.3 Å². The van der Waals surface area contributed by atoms with E-state index in [0.717, 1.165) is 17.8 Å². The average molecular weight is 226 g/mol. The van der Waals surface area contributed by atoms with Gasteiger partial charge >= 0.3 is 0 Å². The van der Waals surface area contributed by atoms with Crippen LogP contribution in [0.1, 0.15) is 27.2 Å². The topological polar surface area (TPSA) is 54.2 Å². The first kappa shape index (κ1) is 14.8. The lowest BCUT2D eigenvalue weighted by Crippen LogP contribution is -2.09. The van der Waals surface area contributed by atoms with Gasteiger partial charge in [0.2, 0.25) is 0 Å². The Hall–Kier alpha value is -1.16. The zero-order valence-electron chi connectivity index (χ0n) is 10.6. The van der Waals surface area contributed by atoms with Crippen LogP contribution in [0, 0.1) is 5.92 Å². The third kappa shape index (κ3) is 7.17. The molecule has 0 bridgehead atoms. The summed E-state index contributed by atoms with van der Waals surface area (Å²) in [5.74, 6) is 0.636. The largest absolute Gasteiger partial charge is 0.393 e. The maximum Gasteiger partial charge on any atom is 0.140 e. The molecule has 0 fully saturated rings. The molecule has 0 saturated heterocycles. The van der Waals surface area contributed by atoms with Gasteiger partial charge in [0, 0.05) is 7.05 Å². The highest BCUT2D eigenvalue weighted by Gasteiger charge is 1.99. The van der Waals surface area contributed by atoms with Crippen molar-refractivity contribution in [3.63, 3.8) is 0 Å². The molecule has 0 rings (SSSR count). The number of nitrogens with zero attached hydrogens (tertiary/aromatic N) is 2. The molecule has 0 aliphatic rings. The van der Waals surface area contributed by atoms with Crippen molar-refractivity contribution in [2.45, 2.75) is 27.2 Å². The van der Waals surface area contributed by atoms with Crippen LogP contribution >= 0.6 is 0 Å². The molecule has 4 heteroatoms. The van der Waals surface area contributed by atoms with E-state index in [4.69, 9.17) is 9.94 Å². The fraction of sp³-hybridized carbons (Fsp3) is 0.667. The van der Waals surface area contributed by atoms with E-state index >= 15 is 0 Å². The first-order valence-corrected chi connectivity index (χ1v) is 5.53. The lowest BCUT2D eigenvalue weighted by atomic mass is 10.1. The molecule has 0 heterocycles. The normalized spacial score (nSPS) is 13.9. The Kier molecular flexibility index (Phi) is 8.43. The Morgan fingerprint density at radius 2 is 2.12 bits per heavy atom.